The summed E-state index contributed by atoms with van der Waals surface area (Å²) in [5, 5.41) is 4.64. The molecule has 2 N–H and O–H groups in total. The number of halogens is 2. The van der Waals surface area contributed by atoms with Gasteiger partial charge in [0.2, 0.25) is 0 Å². The Morgan fingerprint density at radius 1 is 1.45 bits per heavy atom. The first-order valence-electron chi connectivity index (χ1n) is 6.25. The van der Waals surface area contributed by atoms with E-state index >= 15 is 0 Å². The van der Waals surface area contributed by atoms with Crippen LogP contribution in [0, 0.1) is 12.7 Å². The SMILES string of the molecule is COCCn1ncc(Cl)c1C(N)c1cc(C)cc(F)c1. The summed E-state index contributed by atoms with van der Waals surface area (Å²) in [4.78, 5) is 0. The molecule has 2 rings (SSSR count). The summed E-state index contributed by atoms with van der Waals surface area (Å²) < 4.78 is 20.2. The first-order valence-corrected chi connectivity index (χ1v) is 6.63. The second kappa shape index (κ2) is 6.35. The van der Waals surface area contributed by atoms with Gasteiger partial charge in [0.1, 0.15) is 5.82 Å². The van der Waals surface area contributed by atoms with Gasteiger partial charge in [-0.1, -0.05) is 17.7 Å². The molecule has 0 aliphatic heterocycles. The van der Waals surface area contributed by atoms with E-state index in [4.69, 9.17) is 22.1 Å². The van der Waals surface area contributed by atoms with Gasteiger partial charge in [0.15, 0.2) is 0 Å². The van der Waals surface area contributed by atoms with E-state index in [1.165, 1.54) is 12.1 Å². The fraction of sp³-hybridized carbons (Fsp3) is 0.357. The molecule has 4 nitrogen and oxygen atoms in total. The van der Waals surface area contributed by atoms with E-state index in [9.17, 15) is 4.39 Å². The Labute approximate surface area is 122 Å². The Hall–Kier alpha value is -1.43. The van der Waals surface area contributed by atoms with Crippen molar-refractivity contribution in [2.45, 2.75) is 19.5 Å². The maximum atomic E-state index is 13.5. The van der Waals surface area contributed by atoms with E-state index in [0.717, 1.165) is 5.56 Å². The molecule has 0 saturated heterocycles. The smallest absolute Gasteiger partial charge is 0.123 e. The molecule has 0 fully saturated rings. The molecular weight excluding hydrogens is 281 g/mol. The number of benzene rings is 1. The first-order chi connectivity index (χ1) is 9.52. The molecule has 0 aliphatic carbocycles. The van der Waals surface area contributed by atoms with Gasteiger partial charge in [0.05, 0.1) is 36.1 Å². The molecule has 0 radical (unpaired) electrons. The van der Waals surface area contributed by atoms with Crippen LogP contribution in [0.3, 0.4) is 0 Å². The lowest BCUT2D eigenvalue weighted by atomic mass is 10.0. The van der Waals surface area contributed by atoms with Crippen molar-refractivity contribution in [2.24, 2.45) is 5.73 Å². The third-order valence-electron chi connectivity index (χ3n) is 3.06. The van der Waals surface area contributed by atoms with E-state index in [-0.39, 0.29) is 5.82 Å². The van der Waals surface area contributed by atoms with Gasteiger partial charge in [-0.15, -0.1) is 0 Å². The highest BCUT2D eigenvalue weighted by Gasteiger charge is 2.19. The Morgan fingerprint density at radius 2 is 2.20 bits per heavy atom. The van der Waals surface area contributed by atoms with Crippen LogP contribution in [0.1, 0.15) is 22.9 Å². The summed E-state index contributed by atoms with van der Waals surface area (Å²) in [6.45, 7) is 2.86. The monoisotopic (exact) mass is 297 g/mol. The summed E-state index contributed by atoms with van der Waals surface area (Å²) in [5.74, 6) is -0.311. The van der Waals surface area contributed by atoms with Crippen molar-refractivity contribution in [3.05, 3.63) is 52.1 Å². The van der Waals surface area contributed by atoms with Crippen molar-refractivity contribution in [1.29, 1.82) is 0 Å². The van der Waals surface area contributed by atoms with Gasteiger partial charge in [-0.05, 0) is 30.2 Å². The van der Waals surface area contributed by atoms with Gasteiger partial charge in [-0.2, -0.15) is 5.10 Å². The fourth-order valence-corrected chi connectivity index (χ4v) is 2.40. The molecule has 108 valence electrons. The minimum absolute atomic E-state index is 0.311. The third kappa shape index (κ3) is 3.17. The molecule has 2 aromatic rings. The molecule has 1 heterocycles. The van der Waals surface area contributed by atoms with Crippen molar-refractivity contribution in [3.63, 3.8) is 0 Å². The third-order valence-corrected chi connectivity index (χ3v) is 3.35. The molecule has 0 spiro atoms. The molecule has 1 aromatic carbocycles. The van der Waals surface area contributed by atoms with E-state index in [1.807, 2.05) is 13.0 Å². The van der Waals surface area contributed by atoms with E-state index in [0.29, 0.717) is 29.4 Å². The van der Waals surface area contributed by atoms with Crippen LogP contribution in [0.5, 0.6) is 0 Å². The van der Waals surface area contributed by atoms with Crippen LogP contribution < -0.4 is 5.73 Å². The van der Waals surface area contributed by atoms with E-state index < -0.39 is 6.04 Å². The number of rotatable bonds is 5. The van der Waals surface area contributed by atoms with Crippen LogP contribution in [-0.2, 0) is 11.3 Å². The van der Waals surface area contributed by atoms with Crippen molar-refractivity contribution in [2.75, 3.05) is 13.7 Å². The number of hydrogen-bond donors (Lipinski definition) is 1. The number of aromatic nitrogens is 2. The maximum absolute atomic E-state index is 13.5. The Kier molecular flexibility index (Phi) is 4.75. The Bertz CT molecular complexity index is 580. The maximum Gasteiger partial charge on any atom is 0.123 e. The molecular formula is C14H17ClFN3O. The van der Waals surface area contributed by atoms with Crippen molar-refractivity contribution in [1.82, 2.24) is 9.78 Å². The second-order valence-electron chi connectivity index (χ2n) is 4.63. The lowest BCUT2D eigenvalue weighted by Gasteiger charge is -2.16. The van der Waals surface area contributed by atoms with Gasteiger partial charge in [0, 0.05) is 7.11 Å². The molecule has 0 saturated carbocycles. The molecule has 0 amide bonds. The summed E-state index contributed by atoms with van der Waals surface area (Å²) in [7, 11) is 1.61. The van der Waals surface area contributed by atoms with E-state index in [2.05, 4.69) is 5.10 Å². The van der Waals surface area contributed by atoms with Crippen molar-refractivity contribution < 1.29 is 9.13 Å². The summed E-state index contributed by atoms with van der Waals surface area (Å²) >= 11 is 6.15. The van der Waals surface area contributed by atoms with Crippen molar-refractivity contribution >= 4 is 11.6 Å². The second-order valence-corrected chi connectivity index (χ2v) is 5.04. The number of aryl methyl sites for hydroxylation is 1. The Morgan fingerprint density at radius 3 is 2.85 bits per heavy atom. The van der Waals surface area contributed by atoms with Gasteiger partial charge in [-0.3, -0.25) is 4.68 Å². The van der Waals surface area contributed by atoms with Gasteiger partial charge < -0.3 is 10.5 Å². The predicted octanol–water partition coefficient (Wildman–Crippen LogP) is 2.68. The normalized spacial score (nSPS) is 12.7. The molecule has 1 unspecified atom stereocenters. The number of methoxy groups -OCH3 is 1. The van der Waals surface area contributed by atoms with Crippen LogP contribution in [0.2, 0.25) is 5.02 Å². The predicted molar refractivity (Wildman–Crippen MR) is 76.3 cm³/mol. The Balaban J connectivity index is 2.36. The highest BCUT2D eigenvalue weighted by Crippen LogP contribution is 2.27. The standard InChI is InChI=1S/C14H17ClFN3O/c1-9-5-10(7-11(16)6-9)13(17)14-12(15)8-18-19(14)3-4-20-2/h5-8,13H,3-4,17H2,1-2H3. The minimum atomic E-state index is -0.531. The average Bonchev–Trinajstić information content (AvgIpc) is 2.75. The molecule has 0 bridgehead atoms. The fourth-order valence-electron chi connectivity index (χ4n) is 2.14. The summed E-state index contributed by atoms with van der Waals surface area (Å²) in [6.07, 6.45) is 1.54. The summed E-state index contributed by atoms with van der Waals surface area (Å²) in [5.41, 5.74) is 8.36. The van der Waals surface area contributed by atoms with Gasteiger partial charge in [-0.25, -0.2) is 4.39 Å². The highest BCUT2D eigenvalue weighted by molar-refractivity contribution is 6.31. The van der Waals surface area contributed by atoms with Crippen LogP contribution in [0.15, 0.2) is 24.4 Å². The molecule has 1 atom stereocenters. The lowest BCUT2D eigenvalue weighted by molar-refractivity contribution is 0.182. The van der Waals surface area contributed by atoms with Crippen molar-refractivity contribution in [3.8, 4) is 0 Å². The van der Waals surface area contributed by atoms with Crippen LogP contribution in [0.4, 0.5) is 4.39 Å². The molecule has 6 heteroatoms. The van der Waals surface area contributed by atoms with Crippen LogP contribution >= 0.6 is 11.6 Å². The quantitative estimate of drug-likeness (QED) is 0.923. The minimum Gasteiger partial charge on any atom is -0.383 e. The average molecular weight is 298 g/mol. The topological polar surface area (TPSA) is 53.1 Å². The zero-order chi connectivity index (χ0) is 14.7. The zero-order valence-electron chi connectivity index (χ0n) is 11.4. The summed E-state index contributed by atoms with van der Waals surface area (Å²) in [6, 6.07) is 4.19. The van der Waals surface area contributed by atoms with E-state index in [1.54, 1.807) is 18.0 Å². The number of ether oxygens (including phenoxy) is 1. The van der Waals surface area contributed by atoms with Crippen LogP contribution in [-0.4, -0.2) is 23.5 Å². The van der Waals surface area contributed by atoms with Gasteiger partial charge in [0.25, 0.3) is 0 Å². The number of nitrogens with two attached hydrogens (primary N) is 1. The number of hydrogen-bond acceptors (Lipinski definition) is 3. The van der Waals surface area contributed by atoms with Crippen LogP contribution in [0.25, 0.3) is 0 Å². The van der Waals surface area contributed by atoms with Gasteiger partial charge >= 0.3 is 0 Å². The number of nitrogens with zero attached hydrogens (tertiary/aromatic N) is 2. The molecule has 1 aromatic heterocycles. The zero-order valence-corrected chi connectivity index (χ0v) is 12.2. The largest absolute Gasteiger partial charge is 0.383 e. The molecule has 20 heavy (non-hydrogen) atoms. The lowest BCUT2D eigenvalue weighted by Crippen LogP contribution is -2.19. The molecule has 0 aliphatic rings. The first kappa shape index (κ1) is 15.0. The highest BCUT2D eigenvalue weighted by atomic mass is 35.5.